The maximum atomic E-state index is 12.3. The fraction of sp³-hybridized carbons (Fsp3) is 0.929. The van der Waals surface area contributed by atoms with Gasteiger partial charge in [-0.25, -0.2) is 0 Å². The third-order valence-electron chi connectivity index (χ3n) is 4.52. The normalized spacial score (nSPS) is 28.4. The molecule has 3 nitrogen and oxygen atoms in total. The maximum Gasteiger partial charge on any atom is 0.224 e. The molecule has 1 saturated heterocycles. The Morgan fingerprint density at radius 1 is 1.29 bits per heavy atom. The lowest BCUT2D eigenvalue weighted by atomic mass is 9.80. The van der Waals surface area contributed by atoms with Gasteiger partial charge in [0.2, 0.25) is 5.91 Å². The molecule has 1 atom stereocenters. The quantitative estimate of drug-likeness (QED) is 0.821. The summed E-state index contributed by atoms with van der Waals surface area (Å²) in [6.45, 7) is 3.13. The predicted molar refractivity (Wildman–Crippen MR) is 69.6 cm³/mol. The van der Waals surface area contributed by atoms with Gasteiger partial charge >= 0.3 is 0 Å². The van der Waals surface area contributed by atoms with Crippen molar-refractivity contribution < 1.29 is 4.79 Å². The van der Waals surface area contributed by atoms with Crippen molar-refractivity contribution in [2.75, 3.05) is 6.54 Å². The van der Waals surface area contributed by atoms with Crippen LogP contribution in [0.25, 0.3) is 0 Å². The largest absolute Gasteiger partial charge is 0.340 e. The Morgan fingerprint density at radius 3 is 2.65 bits per heavy atom. The summed E-state index contributed by atoms with van der Waals surface area (Å²) in [5.74, 6) is 0.304. The van der Waals surface area contributed by atoms with E-state index in [1.54, 1.807) is 0 Å². The van der Waals surface area contributed by atoms with Crippen LogP contribution in [0.3, 0.4) is 0 Å². The van der Waals surface area contributed by atoms with Crippen LogP contribution in [0.2, 0.25) is 0 Å². The number of carbonyl (C=O) groups excluding carboxylic acids is 1. The van der Waals surface area contributed by atoms with Crippen molar-refractivity contribution in [1.29, 1.82) is 0 Å². The van der Waals surface area contributed by atoms with E-state index in [1.807, 2.05) is 0 Å². The molecule has 0 spiro atoms. The number of likely N-dealkylation sites (tertiary alicyclic amines) is 1. The highest BCUT2D eigenvalue weighted by molar-refractivity contribution is 5.78. The van der Waals surface area contributed by atoms with Crippen molar-refractivity contribution in [2.24, 2.45) is 5.73 Å². The van der Waals surface area contributed by atoms with Crippen molar-refractivity contribution in [2.45, 2.75) is 76.3 Å². The van der Waals surface area contributed by atoms with Gasteiger partial charge in [-0.05, 0) is 32.1 Å². The number of nitrogens with two attached hydrogens (primary N) is 1. The van der Waals surface area contributed by atoms with Gasteiger partial charge in [0.15, 0.2) is 0 Å². The molecule has 3 heteroatoms. The SMILES string of the molecule is CCC1CCCN1C(=O)CC1(N)CCCCC1. The predicted octanol–water partition coefficient (Wildman–Crippen LogP) is 2.44. The van der Waals surface area contributed by atoms with E-state index in [0.29, 0.717) is 18.4 Å². The fourth-order valence-electron chi connectivity index (χ4n) is 3.42. The molecule has 1 aliphatic heterocycles. The van der Waals surface area contributed by atoms with Gasteiger partial charge in [0.1, 0.15) is 0 Å². The number of amides is 1. The Kier molecular flexibility index (Phi) is 4.08. The molecule has 2 N–H and O–H groups in total. The average Bonchev–Trinajstić information content (AvgIpc) is 2.77. The number of carbonyl (C=O) groups is 1. The highest BCUT2D eigenvalue weighted by Crippen LogP contribution is 2.30. The van der Waals surface area contributed by atoms with Crippen LogP contribution in [0.4, 0.5) is 0 Å². The van der Waals surface area contributed by atoms with Gasteiger partial charge in [-0.3, -0.25) is 4.79 Å². The minimum Gasteiger partial charge on any atom is -0.340 e. The van der Waals surface area contributed by atoms with Crippen LogP contribution in [0.15, 0.2) is 0 Å². The molecule has 1 aliphatic carbocycles. The Hall–Kier alpha value is -0.570. The summed E-state index contributed by atoms with van der Waals surface area (Å²) >= 11 is 0. The summed E-state index contributed by atoms with van der Waals surface area (Å²) in [5.41, 5.74) is 6.17. The molecule has 0 aromatic rings. The van der Waals surface area contributed by atoms with Gasteiger partial charge in [0, 0.05) is 24.5 Å². The van der Waals surface area contributed by atoms with Crippen LogP contribution in [0.5, 0.6) is 0 Å². The van der Waals surface area contributed by atoms with Gasteiger partial charge in [0.25, 0.3) is 0 Å². The smallest absolute Gasteiger partial charge is 0.224 e. The first-order valence-electron chi connectivity index (χ1n) is 7.23. The maximum absolute atomic E-state index is 12.3. The number of nitrogens with zero attached hydrogens (tertiary/aromatic N) is 1. The van der Waals surface area contributed by atoms with Crippen LogP contribution in [-0.2, 0) is 4.79 Å². The molecule has 2 aliphatic rings. The van der Waals surface area contributed by atoms with Gasteiger partial charge in [0.05, 0.1) is 0 Å². The highest BCUT2D eigenvalue weighted by atomic mass is 16.2. The minimum absolute atomic E-state index is 0.198. The Bertz CT molecular complexity index is 271. The lowest BCUT2D eigenvalue weighted by molar-refractivity contribution is -0.133. The van der Waals surface area contributed by atoms with E-state index in [2.05, 4.69) is 11.8 Å². The molecule has 2 rings (SSSR count). The number of hydrogen-bond acceptors (Lipinski definition) is 2. The first-order valence-corrected chi connectivity index (χ1v) is 7.23. The molecule has 1 amide bonds. The zero-order valence-electron chi connectivity index (χ0n) is 11.1. The second-order valence-corrected chi connectivity index (χ2v) is 5.89. The van der Waals surface area contributed by atoms with E-state index in [0.717, 1.165) is 25.8 Å². The summed E-state index contributed by atoms with van der Waals surface area (Å²) < 4.78 is 0. The van der Waals surface area contributed by atoms with Crippen LogP contribution in [0, 0.1) is 0 Å². The topological polar surface area (TPSA) is 46.3 Å². The second-order valence-electron chi connectivity index (χ2n) is 5.89. The molecule has 1 heterocycles. The molecule has 0 aromatic carbocycles. The molecule has 98 valence electrons. The fourth-order valence-corrected chi connectivity index (χ4v) is 3.42. The Morgan fingerprint density at radius 2 is 2.00 bits per heavy atom. The van der Waals surface area contributed by atoms with E-state index >= 15 is 0 Å². The van der Waals surface area contributed by atoms with E-state index in [4.69, 9.17) is 5.73 Å². The molecule has 2 fully saturated rings. The summed E-state index contributed by atoms with van der Waals surface area (Å²) in [7, 11) is 0. The minimum atomic E-state index is -0.198. The molecule has 17 heavy (non-hydrogen) atoms. The third kappa shape index (κ3) is 3.01. The van der Waals surface area contributed by atoms with Gasteiger partial charge in [-0.15, -0.1) is 0 Å². The molecule has 1 unspecified atom stereocenters. The van der Waals surface area contributed by atoms with Crippen LogP contribution in [0.1, 0.15) is 64.7 Å². The summed E-state index contributed by atoms with van der Waals surface area (Å²) in [6.07, 6.45) is 9.75. The van der Waals surface area contributed by atoms with Crippen molar-refractivity contribution in [1.82, 2.24) is 4.90 Å². The second kappa shape index (κ2) is 5.38. The van der Waals surface area contributed by atoms with Crippen molar-refractivity contribution in [3.8, 4) is 0 Å². The van der Waals surface area contributed by atoms with E-state index in [1.165, 1.54) is 32.1 Å². The Labute approximate surface area is 105 Å². The van der Waals surface area contributed by atoms with Crippen LogP contribution in [-0.4, -0.2) is 28.9 Å². The third-order valence-corrected chi connectivity index (χ3v) is 4.52. The zero-order chi connectivity index (χ0) is 12.3. The number of rotatable bonds is 3. The zero-order valence-corrected chi connectivity index (χ0v) is 11.1. The van der Waals surface area contributed by atoms with E-state index in [9.17, 15) is 4.79 Å². The van der Waals surface area contributed by atoms with Crippen molar-refractivity contribution >= 4 is 5.91 Å². The Balaban J connectivity index is 1.91. The molecular weight excluding hydrogens is 212 g/mol. The molecule has 1 saturated carbocycles. The summed E-state index contributed by atoms with van der Waals surface area (Å²) in [4.78, 5) is 14.4. The molecule has 0 aromatic heterocycles. The lowest BCUT2D eigenvalue weighted by Gasteiger charge is -2.35. The van der Waals surface area contributed by atoms with E-state index in [-0.39, 0.29) is 5.54 Å². The number of hydrogen-bond donors (Lipinski definition) is 1. The molecule has 0 bridgehead atoms. The van der Waals surface area contributed by atoms with Crippen LogP contribution >= 0.6 is 0 Å². The van der Waals surface area contributed by atoms with E-state index < -0.39 is 0 Å². The summed E-state index contributed by atoms with van der Waals surface area (Å²) in [6, 6.07) is 0.481. The average molecular weight is 238 g/mol. The van der Waals surface area contributed by atoms with Crippen molar-refractivity contribution in [3.63, 3.8) is 0 Å². The molecule has 0 radical (unpaired) electrons. The van der Waals surface area contributed by atoms with Crippen molar-refractivity contribution in [3.05, 3.63) is 0 Å². The van der Waals surface area contributed by atoms with Gasteiger partial charge in [-0.2, -0.15) is 0 Å². The highest BCUT2D eigenvalue weighted by Gasteiger charge is 2.34. The molecular formula is C14H26N2O. The monoisotopic (exact) mass is 238 g/mol. The first kappa shape index (κ1) is 12.9. The lowest BCUT2D eigenvalue weighted by Crippen LogP contribution is -2.47. The van der Waals surface area contributed by atoms with Gasteiger partial charge in [-0.1, -0.05) is 26.2 Å². The first-order chi connectivity index (χ1) is 8.14. The standard InChI is InChI=1S/C14H26N2O/c1-2-12-7-6-10-16(12)13(17)11-14(15)8-4-3-5-9-14/h12H,2-11,15H2,1H3. The van der Waals surface area contributed by atoms with Crippen LogP contribution < -0.4 is 5.73 Å². The summed E-state index contributed by atoms with van der Waals surface area (Å²) in [5, 5.41) is 0. The van der Waals surface area contributed by atoms with Gasteiger partial charge < -0.3 is 10.6 Å².